The van der Waals surface area contributed by atoms with Gasteiger partial charge in [-0.05, 0) is 23.4 Å². The Morgan fingerprint density at radius 3 is 2.88 bits per heavy atom. The maximum absolute atomic E-state index is 8.81. The molecule has 0 fully saturated rings. The Labute approximate surface area is 96.4 Å². The van der Waals surface area contributed by atoms with Crippen molar-refractivity contribution in [3.63, 3.8) is 0 Å². The molecule has 1 N–H and O–H groups in total. The summed E-state index contributed by atoms with van der Waals surface area (Å²) in [7, 11) is 1.54. The number of aromatic nitrogens is 4. The molecule has 0 aliphatic heterocycles. The van der Waals surface area contributed by atoms with E-state index in [4.69, 9.17) is 21.4 Å². The fourth-order valence-corrected chi connectivity index (χ4v) is 1.45. The van der Waals surface area contributed by atoms with Gasteiger partial charge in [0.05, 0.1) is 17.8 Å². The summed E-state index contributed by atoms with van der Waals surface area (Å²) in [6.45, 7) is -0.246. The Morgan fingerprint density at radius 1 is 1.50 bits per heavy atom. The van der Waals surface area contributed by atoms with Crippen molar-refractivity contribution in [2.24, 2.45) is 0 Å². The van der Waals surface area contributed by atoms with E-state index in [2.05, 4.69) is 15.4 Å². The molecule has 0 bridgehead atoms. The lowest BCUT2D eigenvalue weighted by atomic mass is 10.3. The number of halogens is 1. The third-order valence-electron chi connectivity index (χ3n) is 1.96. The van der Waals surface area contributed by atoms with Crippen molar-refractivity contribution in [2.45, 2.75) is 6.61 Å². The molecule has 0 amide bonds. The molecule has 6 nitrogen and oxygen atoms in total. The number of rotatable bonds is 3. The second-order valence-electron chi connectivity index (χ2n) is 2.97. The zero-order valence-corrected chi connectivity index (χ0v) is 9.22. The molecule has 0 aliphatic rings. The van der Waals surface area contributed by atoms with Crippen LogP contribution in [0.15, 0.2) is 18.2 Å². The highest BCUT2D eigenvalue weighted by molar-refractivity contribution is 6.32. The second kappa shape index (κ2) is 4.46. The summed E-state index contributed by atoms with van der Waals surface area (Å²) in [4.78, 5) is 1.29. The minimum atomic E-state index is -0.246. The van der Waals surface area contributed by atoms with E-state index in [-0.39, 0.29) is 12.4 Å². The molecule has 0 unspecified atom stereocenters. The van der Waals surface area contributed by atoms with Crippen LogP contribution in [0.1, 0.15) is 5.82 Å². The number of nitrogens with zero attached hydrogens (tertiary/aromatic N) is 4. The van der Waals surface area contributed by atoms with Gasteiger partial charge in [0, 0.05) is 0 Å². The van der Waals surface area contributed by atoms with Gasteiger partial charge in [0.2, 0.25) is 5.82 Å². The molecule has 16 heavy (non-hydrogen) atoms. The van der Waals surface area contributed by atoms with Crippen LogP contribution in [0.5, 0.6) is 5.75 Å². The molecule has 7 heteroatoms. The van der Waals surface area contributed by atoms with Gasteiger partial charge < -0.3 is 9.84 Å². The van der Waals surface area contributed by atoms with Gasteiger partial charge in [-0.1, -0.05) is 11.6 Å². The molecule has 1 aromatic heterocycles. The molecular formula is C9H9ClN4O2. The van der Waals surface area contributed by atoms with Gasteiger partial charge in [-0.3, -0.25) is 0 Å². The molecule has 0 saturated heterocycles. The Morgan fingerprint density at radius 2 is 2.31 bits per heavy atom. The largest absolute Gasteiger partial charge is 0.495 e. The van der Waals surface area contributed by atoms with Crippen LogP contribution in [-0.2, 0) is 6.61 Å². The Hall–Kier alpha value is -1.66. The van der Waals surface area contributed by atoms with Gasteiger partial charge >= 0.3 is 0 Å². The number of ether oxygens (including phenoxy) is 1. The highest BCUT2D eigenvalue weighted by atomic mass is 35.5. The SMILES string of the molecule is COc1ccc(-n2nnc(CO)n2)cc1Cl. The first-order valence-electron chi connectivity index (χ1n) is 4.48. The quantitative estimate of drug-likeness (QED) is 0.860. The average molecular weight is 241 g/mol. The number of aliphatic hydroxyl groups excluding tert-OH is 1. The lowest BCUT2D eigenvalue weighted by molar-refractivity contribution is 0.271. The third kappa shape index (κ3) is 1.98. The van der Waals surface area contributed by atoms with Gasteiger partial charge in [0.25, 0.3) is 0 Å². The summed E-state index contributed by atoms with van der Waals surface area (Å²) < 4.78 is 5.02. The van der Waals surface area contributed by atoms with Crippen LogP contribution in [0.3, 0.4) is 0 Å². The van der Waals surface area contributed by atoms with Gasteiger partial charge in [0.15, 0.2) is 0 Å². The number of tetrazole rings is 1. The third-order valence-corrected chi connectivity index (χ3v) is 2.26. The highest BCUT2D eigenvalue weighted by Crippen LogP contribution is 2.25. The Balaban J connectivity index is 2.37. The predicted octanol–water partition coefficient (Wildman–Crippen LogP) is 0.817. The van der Waals surface area contributed by atoms with Crippen molar-refractivity contribution >= 4 is 11.6 Å². The average Bonchev–Trinajstić information content (AvgIpc) is 2.77. The first-order valence-corrected chi connectivity index (χ1v) is 4.86. The summed E-state index contributed by atoms with van der Waals surface area (Å²) in [5.74, 6) is 0.833. The molecule has 0 spiro atoms. The lowest BCUT2D eigenvalue weighted by Crippen LogP contribution is -1.99. The summed E-state index contributed by atoms with van der Waals surface area (Å²) in [5, 5.41) is 20.6. The Kier molecular flexibility index (Phi) is 3.02. The number of aliphatic hydroxyl groups is 1. The zero-order chi connectivity index (χ0) is 11.5. The molecule has 0 saturated carbocycles. The number of hydrogen-bond donors (Lipinski definition) is 1. The minimum absolute atomic E-state index is 0.246. The van der Waals surface area contributed by atoms with Crippen LogP contribution in [0, 0.1) is 0 Å². The van der Waals surface area contributed by atoms with Crippen molar-refractivity contribution in [3.05, 3.63) is 29.0 Å². The van der Waals surface area contributed by atoms with E-state index in [1.165, 1.54) is 4.80 Å². The van der Waals surface area contributed by atoms with Gasteiger partial charge in [-0.15, -0.1) is 15.0 Å². The number of hydrogen-bond acceptors (Lipinski definition) is 5. The van der Waals surface area contributed by atoms with Gasteiger partial charge in [-0.25, -0.2) is 0 Å². The fourth-order valence-electron chi connectivity index (χ4n) is 1.20. The summed E-state index contributed by atoms with van der Waals surface area (Å²) in [6, 6.07) is 5.11. The lowest BCUT2D eigenvalue weighted by Gasteiger charge is -2.04. The predicted molar refractivity (Wildman–Crippen MR) is 56.6 cm³/mol. The molecule has 1 aromatic carbocycles. The first-order chi connectivity index (χ1) is 7.74. The van der Waals surface area contributed by atoms with Gasteiger partial charge in [-0.2, -0.15) is 0 Å². The van der Waals surface area contributed by atoms with E-state index < -0.39 is 0 Å². The zero-order valence-electron chi connectivity index (χ0n) is 8.46. The molecule has 84 valence electrons. The van der Waals surface area contributed by atoms with Crippen LogP contribution in [0.2, 0.25) is 5.02 Å². The first kappa shape index (κ1) is 10.8. The monoisotopic (exact) mass is 240 g/mol. The van der Waals surface area contributed by atoms with Crippen LogP contribution < -0.4 is 4.74 Å². The van der Waals surface area contributed by atoms with Crippen LogP contribution in [0.4, 0.5) is 0 Å². The fraction of sp³-hybridized carbons (Fsp3) is 0.222. The summed E-state index contributed by atoms with van der Waals surface area (Å²) in [6.07, 6.45) is 0. The minimum Gasteiger partial charge on any atom is -0.495 e. The molecule has 0 aliphatic carbocycles. The van der Waals surface area contributed by atoms with E-state index in [1.807, 2.05) is 0 Å². The van der Waals surface area contributed by atoms with E-state index in [0.29, 0.717) is 16.5 Å². The number of methoxy groups -OCH3 is 1. The van der Waals surface area contributed by atoms with Crippen molar-refractivity contribution in [1.29, 1.82) is 0 Å². The van der Waals surface area contributed by atoms with E-state index in [9.17, 15) is 0 Å². The second-order valence-corrected chi connectivity index (χ2v) is 3.38. The summed E-state index contributed by atoms with van der Waals surface area (Å²) >= 11 is 5.96. The standard InChI is InChI=1S/C9H9ClN4O2/c1-16-8-3-2-6(4-7(8)10)14-12-9(5-15)11-13-14/h2-4,15H,5H2,1H3. The van der Waals surface area contributed by atoms with Crippen LogP contribution in [-0.4, -0.2) is 32.4 Å². The van der Waals surface area contributed by atoms with E-state index in [0.717, 1.165) is 0 Å². The highest BCUT2D eigenvalue weighted by Gasteiger charge is 2.06. The van der Waals surface area contributed by atoms with Crippen molar-refractivity contribution in [2.75, 3.05) is 7.11 Å². The molecule has 1 heterocycles. The molecular weight excluding hydrogens is 232 g/mol. The molecule has 0 atom stereocenters. The van der Waals surface area contributed by atoms with Crippen molar-refractivity contribution < 1.29 is 9.84 Å². The number of benzene rings is 1. The maximum Gasteiger partial charge on any atom is 0.200 e. The topological polar surface area (TPSA) is 73.1 Å². The van der Waals surface area contributed by atoms with Gasteiger partial charge in [0.1, 0.15) is 12.4 Å². The molecule has 2 aromatic rings. The summed E-state index contributed by atoms with van der Waals surface area (Å²) in [5.41, 5.74) is 0.651. The van der Waals surface area contributed by atoms with Crippen molar-refractivity contribution in [3.8, 4) is 11.4 Å². The maximum atomic E-state index is 8.81. The molecule has 0 radical (unpaired) electrons. The smallest absolute Gasteiger partial charge is 0.200 e. The van der Waals surface area contributed by atoms with E-state index >= 15 is 0 Å². The van der Waals surface area contributed by atoms with E-state index in [1.54, 1.807) is 25.3 Å². The normalized spacial score (nSPS) is 10.4. The van der Waals surface area contributed by atoms with Crippen LogP contribution >= 0.6 is 11.6 Å². The molecule has 2 rings (SSSR count). The Bertz CT molecular complexity index is 500. The van der Waals surface area contributed by atoms with Crippen LogP contribution in [0.25, 0.3) is 5.69 Å². The van der Waals surface area contributed by atoms with Crippen molar-refractivity contribution in [1.82, 2.24) is 20.2 Å².